The van der Waals surface area contributed by atoms with Crippen molar-refractivity contribution in [2.45, 2.75) is 31.3 Å². The number of anilines is 1. The maximum atomic E-state index is 12.1. The van der Waals surface area contributed by atoms with E-state index in [0.717, 1.165) is 12.5 Å². The summed E-state index contributed by atoms with van der Waals surface area (Å²) in [6.07, 6.45) is 6.60. The van der Waals surface area contributed by atoms with Gasteiger partial charge >= 0.3 is 0 Å². The number of amides is 1. The number of fused-ring (bicyclic) bond motifs is 1. The molecule has 1 aromatic rings. The second kappa shape index (κ2) is 5.26. The summed E-state index contributed by atoms with van der Waals surface area (Å²) in [5.41, 5.74) is 0. The lowest BCUT2D eigenvalue weighted by molar-refractivity contribution is -0.122. The molecule has 2 aliphatic heterocycles. The summed E-state index contributed by atoms with van der Waals surface area (Å²) >= 11 is 0. The zero-order valence-electron chi connectivity index (χ0n) is 11.9. The first-order chi connectivity index (χ1) is 10.3. The minimum Gasteiger partial charge on any atom is -0.379 e. The predicted molar refractivity (Wildman–Crippen MR) is 76.7 cm³/mol. The normalized spacial score (nSPS) is 31.2. The minimum absolute atomic E-state index is 0.146. The SMILES string of the molecule is O=C(CC1CC1)N[C@@H]1CN(c2ncccn2)[C@@H]2COC[C@@H]21. The Morgan fingerprint density at radius 3 is 2.90 bits per heavy atom. The Labute approximate surface area is 123 Å². The number of hydrogen-bond acceptors (Lipinski definition) is 5. The molecule has 6 heteroatoms. The highest BCUT2D eigenvalue weighted by Gasteiger charge is 2.47. The first-order valence-corrected chi connectivity index (χ1v) is 7.72. The third-order valence-corrected chi connectivity index (χ3v) is 4.73. The fraction of sp³-hybridized carbons (Fsp3) is 0.667. The fourth-order valence-corrected chi connectivity index (χ4v) is 3.42. The lowest BCUT2D eigenvalue weighted by Gasteiger charge is -2.21. The Morgan fingerprint density at radius 2 is 2.14 bits per heavy atom. The number of nitrogens with one attached hydrogen (secondary N) is 1. The Kier molecular flexibility index (Phi) is 3.25. The Morgan fingerprint density at radius 1 is 1.33 bits per heavy atom. The van der Waals surface area contributed by atoms with Crippen LogP contribution in [0.3, 0.4) is 0 Å². The van der Waals surface area contributed by atoms with Gasteiger partial charge in [-0.1, -0.05) is 0 Å². The average Bonchev–Trinajstić information content (AvgIpc) is 3.06. The average molecular weight is 288 g/mol. The van der Waals surface area contributed by atoms with Crippen LogP contribution in [0.4, 0.5) is 5.95 Å². The van der Waals surface area contributed by atoms with E-state index in [1.165, 1.54) is 12.8 Å². The Bertz CT molecular complexity index is 520. The quantitative estimate of drug-likeness (QED) is 0.878. The molecule has 0 bridgehead atoms. The van der Waals surface area contributed by atoms with Crippen molar-refractivity contribution in [3.05, 3.63) is 18.5 Å². The van der Waals surface area contributed by atoms with Gasteiger partial charge in [-0.05, 0) is 24.8 Å². The summed E-state index contributed by atoms with van der Waals surface area (Å²) in [7, 11) is 0. The van der Waals surface area contributed by atoms with E-state index in [4.69, 9.17) is 4.74 Å². The monoisotopic (exact) mass is 288 g/mol. The van der Waals surface area contributed by atoms with Crippen LogP contribution < -0.4 is 10.2 Å². The molecule has 1 aliphatic carbocycles. The smallest absolute Gasteiger partial charge is 0.225 e. The highest BCUT2D eigenvalue weighted by molar-refractivity contribution is 5.77. The standard InChI is InChI=1S/C15H20N4O2/c20-14(6-10-2-3-10)18-12-7-19(13-9-21-8-11(12)13)15-16-4-1-5-17-15/h1,4-5,10-13H,2-3,6-9H2,(H,18,20)/t11-,12-,13-/m1/s1. The predicted octanol–water partition coefficient (Wildman–Crippen LogP) is 0.596. The molecule has 3 fully saturated rings. The van der Waals surface area contributed by atoms with E-state index in [1.807, 2.05) is 6.07 Å². The molecule has 0 spiro atoms. The first-order valence-electron chi connectivity index (χ1n) is 7.72. The molecule has 6 nitrogen and oxygen atoms in total. The van der Waals surface area contributed by atoms with E-state index >= 15 is 0 Å². The van der Waals surface area contributed by atoms with Gasteiger partial charge in [0.05, 0.1) is 25.3 Å². The second-order valence-electron chi connectivity index (χ2n) is 6.29. The summed E-state index contributed by atoms with van der Waals surface area (Å²) in [6.45, 7) is 2.18. The number of hydrogen-bond donors (Lipinski definition) is 1. The van der Waals surface area contributed by atoms with Crippen molar-refractivity contribution < 1.29 is 9.53 Å². The third kappa shape index (κ3) is 2.60. The molecule has 4 rings (SSSR count). The van der Waals surface area contributed by atoms with Crippen LogP contribution in [0.2, 0.25) is 0 Å². The minimum atomic E-state index is 0.146. The van der Waals surface area contributed by atoms with Gasteiger partial charge in [0, 0.05) is 31.3 Å². The molecular formula is C15H20N4O2. The topological polar surface area (TPSA) is 67.4 Å². The van der Waals surface area contributed by atoms with Gasteiger partial charge in [-0.25, -0.2) is 9.97 Å². The van der Waals surface area contributed by atoms with Crippen LogP contribution in [-0.2, 0) is 9.53 Å². The largest absolute Gasteiger partial charge is 0.379 e. The molecule has 0 unspecified atom stereocenters. The summed E-state index contributed by atoms with van der Waals surface area (Å²) in [4.78, 5) is 22.9. The number of rotatable bonds is 4. The molecule has 0 aromatic carbocycles. The first kappa shape index (κ1) is 13.0. The molecule has 3 aliphatic rings. The molecule has 1 N–H and O–H groups in total. The summed E-state index contributed by atoms with van der Waals surface area (Å²) in [6, 6.07) is 2.24. The van der Waals surface area contributed by atoms with Crippen molar-refractivity contribution in [2.24, 2.45) is 11.8 Å². The Balaban J connectivity index is 1.47. The van der Waals surface area contributed by atoms with Crippen LogP contribution in [0.15, 0.2) is 18.5 Å². The molecule has 21 heavy (non-hydrogen) atoms. The zero-order valence-corrected chi connectivity index (χ0v) is 11.9. The number of carbonyl (C=O) groups excluding carboxylic acids is 1. The summed E-state index contributed by atoms with van der Waals surface area (Å²) in [5, 5.41) is 3.21. The van der Waals surface area contributed by atoms with E-state index in [-0.39, 0.29) is 18.0 Å². The van der Waals surface area contributed by atoms with Crippen molar-refractivity contribution in [3.8, 4) is 0 Å². The summed E-state index contributed by atoms with van der Waals surface area (Å²) < 4.78 is 5.62. The van der Waals surface area contributed by atoms with Crippen molar-refractivity contribution in [3.63, 3.8) is 0 Å². The Hall–Kier alpha value is -1.69. The fourth-order valence-electron chi connectivity index (χ4n) is 3.42. The van der Waals surface area contributed by atoms with Crippen LogP contribution in [0.1, 0.15) is 19.3 Å². The number of aromatic nitrogens is 2. The van der Waals surface area contributed by atoms with Gasteiger partial charge in [-0.3, -0.25) is 4.79 Å². The second-order valence-corrected chi connectivity index (χ2v) is 6.29. The molecule has 1 aromatic heterocycles. The number of ether oxygens (including phenoxy) is 1. The molecule has 3 atom stereocenters. The van der Waals surface area contributed by atoms with Gasteiger partial charge in [0.25, 0.3) is 0 Å². The van der Waals surface area contributed by atoms with E-state index in [0.29, 0.717) is 31.5 Å². The van der Waals surface area contributed by atoms with E-state index in [1.54, 1.807) is 12.4 Å². The van der Waals surface area contributed by atoms with Gasteiger partial charge in [0.2, 0.25) is 11.9 Å². The van der Waals surface area contributed by atoms with Crippen LogP contribution >= 0.6 is 0 Å². The van der Waals surface area contributed by atoms with Gasteiger partial charge in [0.1, 0.15) is 0 Å². The molecule has 1 saturated carbocycles. The maximum Gasteiger partial charge on any atom is 0.225 e. The van der Waals surface area contributed by atoms with Crippen molar-refractivity contribution >= 4 is 11.9 Å². The molecule has 0 radical (unpaired) electrons. The molecule has 3 heterocycles. The molecule has 2 saturated heterocycles. The van der Waals surface area contributed by atoms with E-state index in [2.05, 4.69) is 20.2 Å². The summed E-state index contributed by atoms with van der Waals surface area (Å²) in [5.74, 6) is 1.88. The van der Waals surface area contributed by atoms with Gasteiger partial charge in [-0.2, -0.15) is 0 Å². The van der Waals surface area contributed by atoms with Gasteiger partial charge in [0.15, 0.2) is 0 Å². The molecule has 1 amide bonds. The van der Waals surface area contributed by atoms with Gasteiger partial charge < -0.3 is 15.0 Å². The van der Waals surface area contributed by atoms with Gasteiger partial charge in [-0.15, -0.1) is 0 Å². The maximum absolute atomic E-state index is 12.1. The highest BCUT2D eigenvalue weighted by Crippen LogP contribution is 2.34. The van der Waals surface area contributed by atoms with Crippen LogP contribution in [0.25, 0.3) is 0 Å². The zero-order chi connectivity index (χ0) is 14.2. The number of nitrogens with zero attached hydrogens (tertiary/aromatic N) is 3. The van der Waals surface area contributed by atoms with Crippen molar-refractivity contribution in [2.75, 3.05) is 24.7 Å². The lowest BCUT2D eigenvalue weighted by Crippen LogP contribution is -2.41. The lowest BCUT2D eigenvalue weighted by atomic mass is 9.99. The number of carbonyl (C=O) groups is 1. The van der Waals surface area contributed by atoms with E-state index < -0.39 is 0 Å². The molecule has 112 valence electrons. The van der Waals surface area contributed by atoms with Crippen LogP contribution in [0.5, 0.6) is 0 Å². The third-order valence-electron chi connectivity index (χ3n) is 4.73. The van der Waals surface area contributed by atoms with Crippen LogP contribution in [0, 0.1) is 11.8 Å². The highest BCUT2D eigenvalue weighted by atomic mass is 16.5. The van der Waals surface area contributed by atoms with E-state index in [9.17, 15) is 4.79 Å². The molecular weight excluding hydrogens is 268 g/mol. The van der Waals surface area contributed by atoms with Crippen molar-refractivity contribution in [1.29, 1.82) is 0 Å². The van der Waals surface area contributed by atoms with Crippen molar-refractivity contribution in [1.82, 2.24) is 15.3 Å². The van der Waals surface area contributed by atoms with Crippen LogP contribution in [-0.4, -0.2) is 47.7 Å².